The quantitative estimate of drug-likeness (QED) is 0.881. The first-order chi connectivity index (χ1) is 11.2. The van der Waals surface area contributed by atoms with Gasteiger partial charge in [-0.1, -0.05) is 12.1 Å². The van der Waals surface area contributed by atoms with Gasteiger partial charge in [0.2, 0.25) is 6.79 Å². The van der Waals surface area contributed by atoms with Crippen LogP contribution in [0.4, 0.5) is 0 Å². The van der Waals surface area contributed by atoms with Crippen LogP contribution >= 0.6 is 0 Å². The van der Waals surface area contributed by atoms with Crippen molar-refractivity contribution >= 4 is 5.91 Å². The molecule has 1 aliphatic heterocycles. The maximum Gasteiger partial charge on any atom is 0.251 e. The Kier molecular flexibility index (Phi) is 4.34. The third-order valence-electron chi connectivity index (χ3n) is 3.59. The zero-order valence-electron chi connectivity index (χ0n) is 12.6. The van der Waals surface area contributed by atoms with Gasteiger partial charge in [-0.3, -0.25) is 4.79 Å². The Morgan fingerprint density at radius 3 is 2.70 bits per heavy atom. The fourth-order valence-corrected chi connectivity index (χ4v) is 2.27. The molecular formula is C17H17NO5. The second-order valence-corrected chi connectivity index (χ2v) is 5.07. The van der Waals surface area contributed by atoms with Gasteiger partial charge in [0.1, 0.15) is 5.75 Å². The minimum atomic E-state index is -0.793. The molecule has 0 spiro atoms. The van der Waals surface area contributed by atoms with Gasteiger partial charge in [-0.15, -0.1) is 0 Å². The van der Waals surface area contributed by atoms with Gasteiger partial charge in [-0.25, -0.2) is 0 Å². The normalized spacial score (nSPS) is 13.5. The van der Waals surface area contributed by atoms with Crippen LogP contribution in [0.15, 0.2) is 42.5 Å². The van der Waals surface area contributed by atoms with E-state index in [0.29, 0.717) is 28.4 Å². The minimum absolute atomic E-state index is 0.111. The van der Waals surface area contributed by atoms with E-state index in [1.807, 2.05) is 0 Å². The number of amides is 1. The van der Waals surface area contributed by atoms with E-state index in [4.69, 9.17) is 14.2 Å². The number of hydrogen-bond donors (Lipinski definition) is 2. The molecule has 0 saturated heterocycles. The Morgan fingerprint density at radius 2 is 1.96 bits per heavy atom. The summed E-state index contributed by atoms with van der Waals surface area (Å²) in [6.07, 6.45) is -0.793. The Labute approximate surface area is 133 Å². The first kappa shape index (κ1) is 15.2. The summed E-state index contributed by atoms with van der Waals surface area (Å²) in [4.78, 5) is 12.1. The molecule has 1 heterocycles. The molecule has 1 unspecified atom stereocenters. The van der Waals surface area contributed by atoms with Crippen molar-refractivity contribution in [3.05, 3.63) is 53.6 Å². The minimum Gasteiger partial charge on any atom is -0.497 e. The van der Waals surface area contributed by atoms with Gasteiger partial charge in [0.25, 0.3) is 5.91 Å². The highest BCUT2D eigenvalue weighted by Gasteiger charge is 2.17. The summed E-state index contributed by atoms with van der Waals surface area (Å²) in [5.41, 5.74) is 1.16. The molecular weight excluding hydrogens is 298 g/mol. The standard InChI is InChI=1S/C17H17NO5/c1-21-13-5-2-11(3-6-13)14(19)9-18-17(20)12-4-7-15-16(8-12)23-10-22-15/h2-8,14,19H,9-10H2,1H3,(H,18,20). The summed E-state index contributed by atoms with van der Waals surface area (Å²) in [5.74, 6) is 1.61. The fraction of sp³-hybridized carbons (Fsp3) is 0.235. The largest absolute Gasteiger partial charge is 0.497 e. The first-order valence-corrected chi connectivity index (χ1v) is 7.17. The third-order valence-corrected chi connectivity index (χ3v) is 3.59. The lowest BCUT2D eigenvalue weighted by Gasteiger charge is -2.13. The molecule has 6 heteroatoms. The SMILES string of the molecule is COc1ccc(C(O)CNC(=O)c2ccc3c(c2)OCO3)cc1. The van der Waals surface area contributed by atoms with Crippen molar-refractivity contribution in [1.82, 2.24) is 5.32 Å². The molecule has 2 aromatic rings. The highest BCUT2D eigenvalue weighted by Crippen LogP contribution is 2.32. The number of aliphatic hydroxyl groups excluding tert-OH is 1. The average Bonchev–Trinajstić information content (AvgIpc) is 3.07. The second kappa shape index (κ2) is 6.58. The van der Waals surface area contributed by atoms with Gasteiger partial charge in [0.05, 0.1) is 13.2 Å². The van der Waals surface area contributed by atoms with Gasteiger partial charge < -0.3 is 24.6 Å². The van der Waals surface area contributed by atoms with E-state index in [1.54, 1.807) is 49.6 Å². The van der Waals surface area contributed by atoms with Gasteiger partial charge >= 0.3 is 0 Å². The number of benzene rings is 2. The van der Waals surface area contributed by atoms with Crippen molar-refractivity contribution in [2.45, 2.75) is 6.10 Å². The molecule has 3 rings (SSSR count). The lowest BCUT2D eigenvalue weighted by molar-refractivity contribution is 0.0916. The molecule has 1 amide bonds. The molecule has 2 aromatic carbocycles. The van der Waals surface area contributed by atoms with E-state index in [2.05, 4.69) is 5.32 Å². The number of aliphatic hydroxyl groups is 1. The number of hydrogen-bond acceptors (Lipinski definition) is 5. The van der Waals surface area contributed by atoms with E-state index >= 15 is 0 Å². The van der Waals surface area contributed by atoms with Crippen LogP contribution in [0.1, 0.15) is 22.0 Å². The molecule has 23 heavy (non-hydrogen) atoms. The molecule has 0 aromatic heterocycles. The van der Waals surface area contributed by atoms with Gasteiger partial charge in [0, 0.05) is 12.1 Å². The Bertz CT molecular complexity index is 699. The molecule has 1 atom stereocenters. The lowest BCUT2D eigenvalue weighted by atomic mass is 10.1. The summed E-state index contributed by atoms with van der Waals surface area (Å²) < 4.78 is 15.5. The summed E-state index contributed by atoms with van der Waals surface area (Å²) in [6, 6.07) is 12.0. The topological polar surface area (TPSA) is 77.0 Å². The first-order valence-electron chi connectivity index (χ1n) is 7.17. The number of methoxy groups -OCH3 is 1. The predicted molar refractivity (Wildman–Crippen MR) is 82.9 cm³/mol. The van der Waals surface area contributed by atoms with Gasteiger partial charge in [-0.2, -0.15) is 0 Å². The zero-order valence-corrected chi connectivity index (χ0v) is 12.6. The highest BCUT2D eigenvalue weighted by molar-refractivity contribution is 5.94. The number of fused-ring (bicyclic) bond motifs is 1. The summed E-state index contributed by atoms with van der Waals surface area (Å²) in [6.45, 7) is 0.274. The number of carbonyl (C=O) groups excluding carboxylic acids is 1. The van der Waals surface area contributed by atoms with Crippen molar-refractivity contribution in [2.75, 3.05) is 20.4 Å². The molecule has 2 N–H and O–H groups in total. The van der Waals surface area contributed by atoms with Crippen molar-refractivity contribution in [2.24, 2.45) is 0 Å². The van der Waals surface area contributed by atoms with E-state index in [1.165, 1.54) is 0 Å². The monoisotopic (exact) mass is 315 g/mol. The molecule has 0 saturated carbocycles. The number of carbonyl (C=O) groups is 1. The molecule has 0 bridgehead atoms. The number of ether oxygens (including phenoxy) is 3. The van der Waals surface area contributed by atoms with Crippen LogP contribution in [0.3, 0.4) is 0 Å². The second-order valence-electron chi connectivity index (χ2n) is 5.07. The van der Waals surface area contributed by atoms with Crippen molar-refractivity contribution in [3.63, 3.8) is 0 Å². The summed E-state index contributed by atoms with van der Waals surface area (Å²) in [7, 11) is 1.58. The molecule has 0 fully saturated rings. The lowest BCUT2D eigenvalue weighted by Crippen LogP contribution is -2.28. The van der Waals surface area contributed by atoms with E-state index in [0.717, 1.165) is 0 Å². The highest BCUT2D eigenvalue weighted by atomic mass is 16.7. The fourth-order valence-electron chi connectivity index (χ4n) is 2.27. The maximum atomic E-state index is 12.1. The molecule has 1 aliphatic rings. The van der Waals surface area contributed by atoms with Crippen LogP contribution < -0.4 is 19.5 Å². The Balaban J connectivity index is 1.59. The molecule has 0 aliphatic carbocycles. The number of nitrogens with one attached hydrogen (secondary N) is 1. The predicted octanol–water partition coefficient (Wildman–Crippen LogP) is 1.89. The van der Waals surface area contributed by atoms with Gasteiger partial charge in [-0.05, 0) is 35.9 Å². The van der Waals surface area contributed by atoms with E-state index in [9.17, 15) is 9.90 Å². The van der Waals surface area contributed by atoms with Crippen LogP contribution in [0.5, 0.6) is 17.2 Å². The van der Waals surface area contributed by atoms with E-state index in [-0.39, 0.29) is 19.2 Å². The average molecular weight is 315 g/mol. The zero-order chi connectivity index (χ0) is 16.2. The molecule has 120 valence electrons. The van der Waals surface area contributed by atoms with Crippen LogP contribution in [-0.2, 0) is 0 Å². The smallest absolute Gasteiger partial charge is 0.251 e. The molecule has 6 nitrogen and oxygen atoms in total. The van der Waals surface area contributed by atoms with Crippen LogP contribution in [-0.4, -0.2) is 31.5 Å². The van der Waals surface area contributed by atoms with Crippen LogP contribution in [0.25, 0.3) is 0 Å². The Morgan fingerprint density at radius 1 is 1.22 bits per heavy atom. The van der Waals surface area contributed by atoms with Crippen LogP contribution in [0, 0.1) is 0 Å². The van der Waals surface area contributed by atoms with Gasteiger partial charge in [0.15, 0.2) is 11.5 Å². The van der Waals surface area contributed by atoms with Crippen LogP contribution in [0.2, 0.25) is 0 Å². The van der Waals surface area contributed by atoms with E-state index < -0.39 is 6.10 Å². The third kappa shape index (κ3) is 3.37. The Hall–Kier alpha value is -2.73. The number of rotatable bonds is 5. The van der Waals surface area contributed by atoms with Crippen molar-refractivity contribution in [3.8, 4) is 17.2 Å². The van der Waals surface area contributed by atoms with Crippen molar-refractivity contribution in [1.29, 1.82) is 0 Å². The summed E-state index contributed by atoms with van der Waals surface area (Å²) >= 11 is 0. The summed E-state index contributed by atoms with van der Waals surface area (Å²) in [5, 5.41) is 12.8. The maximum absolute atomic E-state index is 12.1. The molecule has 0 radical (unpaired) electrons. The van der Waals surface area contributed by atoms with Crippen molar-refractivity contribution < 1.29 is 24.1 Å².